The van der Waals surface area contributed by atoms with Gasteiger partial charge in [-0.1, -0.05) is 30.3 Å². The third kappa shape index (κ3) is 4.76. The predicted molar refractivity (Wildman–Crippen MR) is 78.1 cm³/mol. The van der Waals surface area contributed by atoms with E-state index >= 15 is 0 Å². The Morgan fingerprint density at radius 2 is 1.71 bits per heavy atom. The van der Waals surface area contributed by atoms with Gasteiger partial charge in [-0.3, -0.25) is 0 Å². The molecule has 2 rings (SSSR count). The molecule has 1 fully saturated rings. The molecule has 0 amide bonds. The molecule has 0 saturated carbocycles. The maximum Gasteiger partial charge on any atom is 0.183 e. The fourth-order valence-electron chi connectivity index (χ4n) is 2.34. The minimum absolute atomic E-state index is 0.256. The summed E-state index contributed by atoms with van der Waals surface area (Å²) >= 11 is 0. The topological polar surface area (TPSA) is 46.2 Å². The van der Waals surface area contributed by atoms with E-state index in [-0.39, 0.29) is 11.7 Å². The molecule has 0 aliphatic carbocycles. The van der Waals surface area contributed by atoms with Crippen molar-refractivity contribution in [3.05, 3.63) is 35.9 Å². The van der Waals surface area contributed by atoms with Crippen molar-refractivity contribution in [2.75, 3.05) is 53.9 Å². The lowest BCUT2D eigenvalue weighted by molar-refractivity contribution is -0.253. The second-order valence-electron chi connectivity index (χ2n) is 5.34. The zero-order chi connectivity index (χ0) is 15.0. The zero-order valence-electron chi connectivity index (χ0n) is 12.7. The highest BCUT2D eigenvalue weighted by atomic mass is 16.7. The molecule has 0 spiro atoms. The van der Waals surface area contributed by atoms with E-state index < -0.39 is 0 Å². The van der Waals surface area contributed by atoms with Crippen LogP contribution in [0.1, 0.15) is 11.9 Å². The summed E-state index contributed by atoms with van der Waals surface area (Å²) in [6.07, 6.45) is -0.310. The van der Waals surface area contributed by atoms with Crippen molar-refractivity contribution in [1.82, 2.24) is 0 Å². The lowest BCUT2D eigenvalue weighted by Crippen LogP contribution is -2.45. The van der Waals surface area contributed by atoms with Gasteiger partial charge in [0.15, 0.2) is 6.29 Å². The Labute approximate surface area is 126 Å². The van der Waals surface area contributed by atoms with Crippen molar-refractivity contribution in [3.63, 3.8) is 0 Å². The van der Waals surface area contributed by atoms with Crippen LogP contribution in [0.2, 0.25) is 0 Å². The summed E-state index contributed by atoms with van der Waals surface area (Å²) in [6, 6.07) is 9.94. The van der Waals surface area contributed by atoms with Crippen molar-refractivity contribution < 1.29 is 23.7 Å². The molecule has 1 saturated heterocycles. The summed E-state index contributed by atoms with van der Waals surface area (Å²) in [5.41, 5.74) is 0.775. The average molecular weight is 296 g/mol. The van der Waals surface area contributed by atoms with Crippen molar-refractivity contribution in [3.8, 4) is 0 Å². The van der Waals surface area contributed by atoms with E-state index in [0.717, 1.165) is 5.56 Å². The molecule has 5 heteroatoms. The first-order valence-corrected chi connectivity index (χ1v) is 7.13. The van der Waals surface area contributed by atoms with E-state index in [1.807, 2.05) is 30.3 Å². The van der Waals surface area contributed by atoms with Gasteiger partial charge in [0.25, 0.3) is 0 Å². The molecule has 0 N–H and O–H groups in total. The van der Waals surface area contributed by atoms with E-state index in [0.29, 0.717) is 39.6 Å². The van der Waals surface area contributed by atoms with Crippen molar-refractivity contribution in [1.29, 1.82) is 0 Å². The van der Waals surface area contributed by atoms with Gasteiger partial charge in [-0.25, -0.2) is 0 Å². The van der Waals surface area contributed by atoms with Crippen LogP contribution < -0.4 is 0 Å². The zero-order valence-corrected chi connectivity index (χ0v) is 12.7. The quantitative estimate of drug-likeness (QED) is 0.687. The minimum Gasteiger partial charge on any atom is -0.384 e. The molecule has 1 aromatic rings. The molecule has 1 aliphatic rings. The molecule has 1 aromatic carbocycles. The molecule has 118 valence electrons. The summed E-state index contributed by atoms with van der Waals surface area (Å²) in [4.78, 5) is 0. The Morgan fingerprint density at radius 1 is 1.00 bits per heavy atom. The van der Waals surface area contributed by atoms with Gasteiger partial charge >= 0.3 is 0 Å². The number of methoxy groups -OCH3 is 2. The van der Waals surface area contributed by atoms with E-state index in [1.54, 1.807) is 14.2 Å². The third-order valence-corrected chi connectivity index (χ3v) is 3.44. The van der Waals surface area contributed by atoms with Crippen LogP contribution in [0.5, 0.6) is 0 Å². The smallest absolute Gasteiger partial charge is 0.183 e. The molecule has 0 unspecified atom stereocenters. The summed E-state index contributed by atoms with van der Waals surface area (Å²) in [7, 11) is 3.34. The van der Waals surface area contributed by atoms with Crippen LogP contribution in [-0.2, 0) is 23.7 Å². The molecule has 0 aromatic heterocycles. The number of hydrogen-bond acceptors (Lipinski definition) is 5. The highest BCUT2D eigenvalue weighted by molar-refractivity contribution is 5.16. The summed E-state index contributed by atoms with van der Waals surface area (Å²) in [5.74, 6) is 0. The Kier molecular flexibility index (Phi) is 6.60. The first-order valence-electron chi connectivity index (χ1n) is 7.13. The van der Waals surface area contributed by atoms with Crippen LogP contribution >= 0.6 is 0 Å². The standard InChI is InChI=1S/C16H24O5/c1-17-8-9-19-11-16(10-18-2)12-20-15(21-13-16)14-6-4-3-5-7-14/h3-7,15H,8-13H2,1-2H3. The first kappa shape index (κ1) is 16.4. The molecular weight excluding hydrogens is 272 g/mol. The van der Waals surface area contributed by atoms with Gasteiger partial charge in [-0.2, -0.15) is 0 Å². The SMILES string of the molecule is COCCOCC1(COC)COC(c2ccccc2)OC1. The summed E-state index contributed by atoms with van der Waals surface area (Å²) < 4.78 is 27.7. The van der Waals surface area contributed by atoms with Gasteiger partial charge < -0.3 is 23.7 Å². The molecule has 5 nitrogen and oxygen atoms in total. The van der Waals surface area contributed by atoms with Crippen molar-refractivity contribution in [2.45, 2.75) is 6.29 Å². The maximum atomic E-state index is 5.88. The lowest BCUT2D eigenvalue weighted by atomic mass is 9.91. The second kappa shape index (κ2) is 8.46. The fourth-order valence-corrected chi connectivity index (χ4v) is 2.34. The fraction of sp³-hybridized carbons (Fsp3) is 0.625. The van der Waals surface area contributed by atoms with Crippen LogP contribution in [0.15, 0.2) is 30.3 Å². The van der Waals surface area contributed by atoms with Crippen LogP contribution in [0.4, 0.5) is 0 Å². The van der Waals surface area contributed by atoms with Crippen LogP contribution in [0, 0.1) is 5.41 Å². The summed E-state index contributed by atoms with van der Waals surface area (Å²) in [5, 5.41) is 0. The Balaban J connectivity index is 1.87. The Morgan fingerprint density at radius 3 is 2.33 bits per heavy atom. The summed E-state index contributed by atoms with van der Waals surface area (Å²) in [6.45, 7) is 3.31. The van der Waals surface area contributed by atoms with Gasteiger partial charge in [0.1, 0.15) is 0 Å². The number of ether oxygens (including phenoxy) is 5. The van der Waals surface area contributed by atoms with E-state index in [9.17, 15) is 0 Å². The third-order valence-electron chi connectivity index (χ3n) is 3.44. The highest BCUT2D eigenvalue weighted by Crippen LogP contribution is 2.32. The second-order valence-corrected chi connectivity index (χ2v) is 5.34. The molecule has 21 heavy (non-hydrogen) atoms. The molecule has 0 radical (unpaired) electrons. The van der Waals surface area contributed by atoms with Gasteiger partial charge in [0, 0.05) is 19.8 Å². The van der Waals surface area contributed by atoms with Crippen molar-refractivity contribution in [2.24, 2.45) is 5.41 Å². The van der Waals surface area contributed by atoms with Gasteiger partial charge in [-0.05, 0) is 0 Å². The van der Waals surface area contributed by atoms with E-state index in [2.05, 4.69) is 0 Å². The minimum atomic E-state index is -0.310. The average Bonchev–Trinajstić information content (AvgIpc) is 2.54. The maximum absolute atomic E-state index is 5.88. The number of rotatable bonds is 8. The lowest BCUT2D eigenvalue weighted by Gasteiger charge is -2.39. The van der Waals surface area contributed by atoms with Gasteiger partial charge in [0.05, 0.1) is 45.1 Å². The number of hydrogen-bond donors (Lipinski definition) is 0. The molecule has 1 aliphatic heterocycles. The number of benzene rings is 1. The monoisotopic (exact) mass is 296 g/mol. The molecule has 1 heterocycles. The Bertz CT molecular complexity index is 387. The van der Waals surface area contributed by atoms with Gasteiger partial charge in [-0.15, -0.1) is 0 Å². The van der Waals surface area contributed by atoms with Crippen LogP contribution in [0.25, 0.3) is 0 Å². The van der Waals surface area contributed by atoms with Gasteiger partial charge in [0.2, 0.25) is 0 Å². The molecular formula is C16H24O5. The van der Waals surface area contributed by atoms with E-state index in [1.165, 1.54) is 0 Å². The highest BCUT2D eigenvalue weighted by Gasteiger charge is 2.38. The molecule has 0 atom stereocenters. The van der Waals surface area contributed by atoms with Crippen LogP contribution in [-0.4, -0.2) is 53.9 Å². The first-order chi connectivity index (χ1) is 10.3. The largest absolute Gasteiger partial charge is 0.384 e. The Hall–Kier alpha value is -0.980. The van der Waals surface area contributed by atoms with Crippen LogP contribution in [0.3, 0.4) is 0 Å². The normalized spacial score (nSPS) is 25.9. The molecule has 0 bridgehead atoms. The predicted octanol–water partition coefficient (Wildman–Crippen LogP) is 2.03. The van der Waals surface area contributed by atoms with Crippen molar-refractivity contribution >= 4 is 0 Å². The van der Waals surface area contributed by atoms with E-state index in [4.69, 9.17) is 23.7 Å².